The van der Waals surface area contributed by atoms with Crippen LogP contribution in [-0.4, -0.2) is 25.5 Å². The van der Waals surface area contributed by atoms with Gasteiger partial charge in [-0.1, -0.05) is 56.3 Å². The van der Waals surface area contributed by atoms with Crippen molar-refractivity contribution in [2.45, 2.75) is 32.6 Å². The molecule has 2 rings (SSSR count). The van der Waals surface area contributed by atoms with E-state index in [0.29, 0.717) is 12.5 Å². The molecule has 0 aromatic heterocycles. The fraction of sp³-hybridized carbons (Fsp3) is 0.381. The molecular formula is C21H28N2O. The van der Waals surface area contributed by atoms with Crippen LogP contribution in [0.2, 0.25) is 0 Å². The largest absolute Gasteiger partial charge is 0.351 e. The van der Waals surface area contributed by atoms with E-state index in [2.05, 4.69) is 66.9 Å². The molecule has 1 unspecified atom stereocenters. The van der Waals surface area contributed by atoms with E-state index in [-0.39, 0.29) is 5.91 Å². The van der Waals surface area contributed by atoms with E-state index in [1.165, 1.54) is 11.1 Å². The van der Waals surface area contributed by atoms with Crippen molar-refractivity contribution in [2.24, 2.45) is 0 Å². The van der Waals surface area contributed by atoms with Gasteiger partial charge in [-0.2, -0.15) is 0 Å². The second-order valence-corrected chi connectivity index (χ2v) is 6.03. The Morgan fingerprint density at radius 3 is 2.29 bits per heavy atom. The minimum Gasteiger partial charge on any atom is -0.351 e. The van der Waals surface area contributed by atoms with Crippen LogP contribution in [0.15, 0.2) is 54.6 Å². The minimum atomic E-state index is -0.00504. The first-order chi connectivity index (χ1) is 11.7. The molecule has 0 bridgehead atoms. The summed E-state index contributed by atoms with van der Waals surface area (Å²) in [6.45, 7) is 6.66. The van der Waals surface area contributed by atoms with Crippen molar-refractivity contribution < 1.29 is 4.79 Å². The molecular weight excluding hydrogens is 296 g/mol. The number of carbonyl (C=O) groups is 1. The SMILES string of the molecule is CCNCCNC(=O)c1ccc(CC(CC)c2ccccc2)cc1. The first-order valence-corrected chi connectivity index (χ1v) is 8.87. The molecule has 0 aliphatic carbocycles. The Hall–Kier alpha value is -2.13. The molecule has 0 spiro atoms. The molecule has 3 heteroatoms. The molecule has 0 fully saturated rings. The molecule has 0 heterocycles. The van der Waals surface area contributed by atoms with E-state index >= 15 is 0 Å². The molecule has 0 aliphatic rings. The summed E-state index contributed by atoms with van der Waals surface area (Å²) in [5, 5.41) is 6.12. The van der Waals surface area contributed by atoms with Crippen LogP contribution in [0.5, 0.6) is 0 Å². The molecule has 24 heavy (non-hydrogen) atoms. The van der Waals surface area contributed by atoms with Crippen LogP contribution >= 0.6 is 0 Å². The zero-order chi connectivity index (χ0) is 17.2. The zero-order valence-electron chi connectivity index (χ0n) is 14.7. The van der Waals surface area contributed by atoms with Gasteiger partial charge in [0.15, 0.2) is 0 Å². The van der Waals surface area contributed by atoms with Crippen LogP contribution in [0.4, 0.5) is 0 Å². The predicted molar refractivity (Wildman–Crippen MR) is 100 cm³/mol. The van der Waals surface area contributed by atoms with Crippen LogP contribution in [0.1, 0.15) is 47.7 Å². The topological polar surface area (TPSA) is 41.1 Å². The maximum absolute atomic E-state index is 12.1. The number of nitrogens with one attached hydrogen (secondary N) is 2. The van der Waals surface area contributed by atoms with Crippen LogP contribution < -0.4 is 10.6 Å². The molecule has 0 aliphatic heterocycles. The van der Waals surface area contributed by atoms with E-state index in [4.69, 9.17) is 0 Å². The van der Waals surface area contributed by atoms with Gasteiger partial charge in [0, 0.05) is 18.7 Å². The summed E-state index contributed by atoms with van der Waals surface area (Å²) in [7, 11) is 0. The molecule has 1 atom stereocenters. The number of hydrogen-bond donors (Lipinski definition) is 2. The summed E-state index contributed by atoms with van der Waals surface area (Å²) in [4.78, 5) is 12.1. The minimum absolute atomic E-state index is 0.00504. The molecule has 2 N–H and O–H groups in total. The van der Waals surface area contributed by atoms with Crippen molar-refractivity contribution in [1.29, 1.82) is 0 Å². The summed E-state index contributed by atoms with van der Waals surface area (Å²) in [6, 6.07) is 18.6. The number of carbonyl (C=O) groups excluding carboxylic acids is 1. The Morgan fingerprint density at radius 2 is 1.67 bits per heavy atom. The van der Waals surface area contributed by atoms with Gasteiger partial charge in [0.1, 0.15) is 0 Å². The van der Waals surface area contributed by atoms with Gasteiger partial charge >= 0.3 is 0 Å². The highest BCUT2D eigenvalue weighted by Gasteiger charge is 2.11. The van der Waals surface area contributed by atoms with Gasteiger partial charge in [0.2, 0.25) is 0 Å². The Bertz CT molecular complexity index is 607. The van der Waals surface area contributed by atoms with Crippen LogP contribution in [0.25, 0.3) is 0 Å². The summed E-state index contributed by atoms with van der Waals surface area (Å²) in [6.07, 6.45) is 2.11. The van der Waals surface area contributed by atoms with Crippen LogP contribution in [0.3, 0.4) is 0 Å². The van der Waals surface area contributed by atoms with Gasteiger partial charge in [-0.3, -0.25) is 4.79 Å². The smallest absolute Gasteiger partial charge is 0.251 e. The van der Waals surface area contributed by atoms with Crippen molar-refractivity contribution in [2.75, 3.05) is 19.6 Å². The molecule has 2 aromatic carbocycles. The number of hydrogen-bond acceptors (Lipinski definition) is 2. The van der Waals surface area contributed by atoms with Crippen molar-refractivity contribution in [1.82, 2.24) is 10.6 Å². The summed E-state index contributed by atoms with van der Waals surface area (Å²) < 4.78 is 0. The Morgan fingerprint density at radius 1 is 0.958 bits per heavy atom. The molecule has 1 amide bonds. The van der Waals surface area contributed by atoms with Gasteiger partial charge < -0.3 is 10.6 Å². The third-order valence-corrected chi connectivity index (χ3v) is 4.30. The molecule has 3 nitrogen and oxygen atoms in total. The fourth-order valence-corrected chi connectivity index (χ4v) is 2.84. The number of amides is 1. The second-order valence-electron chi connectivity index (χ2n) is 6.03. The third-order valence-electron chi connectivity index (χ3n) is 4.30. The lowest BCUT2D eigenvalue weighted by Crippen LogP contribution is -2.31. The Labute approximate surface area is 145 Å². The lowest BCUT2D eigenvalue weighted by molar-refractivity contribution is 0.0954. The standard InChI is InChI=1S/C21H28N2O/c1-3-18(19-8-6-5-7-9-19)16-17-10-12-20(13-11-17)21(24)23-15-14-22-4-2/h5-13,18,22H,3-4,14-16H2,1-2H3,(H,23,24). The van der Waals surface area contributed by atoms with E-state index in [9.17, 15) is 4.79 Å². The van der Waals surface area contributed by atoms with Gasteiger partial charge in [-0.25, -0.2) is 0 Å². The molecule has 0 radical (unpaired) electrons. The first-order valence-electron chi connectivity index (χ1n) is 8.87. The highest BCUT2D eigenvalue weighted by atomic mass is 16.1. The normalized spacial score (nSPS) is 11.9. The predicted octanol–water partition coefficient (Wildman–Crippen LogP) is 3.76. The lowest BCUT2D eigenvalue weighted by atomic mass is 9.90. The average molecular weight is 324 g/mol. The fourth-order valence-electron chi connectivity index (χ4n) is 2.84. The Kier molecular flexibility index (Phi) is 7.50. The summed E-state index contributed by atoms with van der Waals surface area (Å²) in [5.41, 5.74) is 3.38. The maximum atomic E-state index is 12.1. The lowest BCUT2D eigenvalue weighted by Gasteiger charge is -2.15. The first kappa shape index (κ1) is 18.2. The molecule has 0 saturated carbocycles. The van der Waals surface area contributed by atoms with Crippen molar-refractivity contribution in [3.63, 3.8) is 0 Å². The van der Waals surface area contributed by atoms with E-state index in [1.807, 2.05) is 12.1 Å². The number of likely N-dealkylation sites (N-methyl/N-ethyl adjacent to an activating group) is 1. The highest BCUT2D eigenvalue weighted by Crippen LogP contribution is 2.24. The third kappa shape index (κ3) is 5.50. The van der Waals surface area contributed by atoms with Crippen molar-refractivity contribution >= 4 is 5.91 Å². The second kappa shape index (κ2) is 9.89. The van der Waals surface area contributed by atoms with E-state index < -0.39 is 0 Å². The zero-order valence-corrected chi connectivity index (χ0v) is 14.7. The van der Waals surface area contributed by atoms with Crippen LogP contribution in [0, 0.1) is 0 Å². The average Bonchev–Trinajstić information content (AvgIpc) is 2.64. The maximum Gasteiger partial charge on any atom is 0.251 e. The monoisotopic (exact) mass is 324 g/mol. The van der Waals surface area contributed by atoms with Crippen molar-refractivity contribution in [3.8, 4) is 0 Å². The van der Waals surface area contributed by atoms with Gasteiger partial charge in [-0.15, -0.1) is 0 Å². The molecule has 0 saturated heterocycles. The Balaban J connectivity index is 1.92. The van der Waals surface area contributed by atoms with Gasteiger partial charge in [-0.05, 0) is 48.6 Å². The van der Waals surface area contributed by atoms with Crippen molar-refractivity contribution in [3.05, 3.63) is 71.3 Å². The van der Waals surface area contributed by atoms with Gasteiger partial charge in [0.05, 0.1) is 0 Å². The van der Waals surface area contributed by atoms with E-state index in [0.717, 1.165) is 31.5 Å². The van der Waals surface area contributed by atoms with E-state index in [1.54, 1.807) is 0 Å². The van der Waals surface area contributed by atoms with Crippen LogP contribution in [-0.2, 0) is 6.42 Å². The summed E-state index contributed by atoms with van der Waals surface area (Å²) >= 11 is 0. The molecule has 128 valence electrons. The van der Waals surface area contributed by atoms with Gasteiger partial charge in [0.25, 0.3) is 5.91 Å². The number of benzene rings is 2. The highest BCUT2D eigenvalue weighted by molar-refractivity contribution is 5.94. The number of rotatable bonds is 9. The molecule has 2 aromatic rings. The summed E-state index contributed by atoms with van der Waals surface area (Å²) in [5.74, 6) is 0.514. The quantitative estimate of drug-likeness (QED) is 0.690.